The third-order valence-corrected chi connectivity index (χ3v) is 6.72. The number of aromatic nitrogens is 1. The highest BCUT2D eigenvalue weighted by Crippen LogP contribution is 2.26. The van der Waals surface area contributed by atoms with Crippen LogP contribution in [-0.4, -0.2) is 25.9 Å². The largest absolute Gasteiger partial charge is 0.350 e. The average molecular weight is 444 g/mol. The highest BCUT2D eigenvalue weighted by Gasteiger charge is 2.27. The summed E-state index contributed by atoms with van der Waals surface area (Å²) in [5.74, 6) is -0.422. The summed E-state index contributed by atoms with van der Waals surface area (Å²) in [7, 11) is -3.98. The molecule has 0 aliphatic heterocycles. The van der Waals surface area contributed by atoms with Crippen LogP contribution in [0.3, 0.4) is 0 Å². The Morgan fingerprint density at radius 2 is 1.80 bits per heavy atom. The number of carbonyl (C=O) groups excluding carboxylic acids is 1. The van der Waals surface area contributed by atoms with Gasteiger partial charge in [-0.1, -0.05) is 23.7 Å². The van der Waals surface area contributed by atoms with Crippen LogP contribution in [0.4, 0.5) is 5.69 Å². The second-order valence-electron chi connectivity index (χ2n) is 6.87. The maximum Gasteiger partial charge on any atom is 0.264 e. The quantitative estimate of drug-likeness (QED) is 0.601. The lowest BCUT2D eigenvalue weighted by molar-refractivity contribution is -0.119. The van der Waals surface area contributed by atoms with E-state index in [4.69, 9.17) is 11.6 Å². The first-order valence-corrected chi connectivity index (χ1v) is 11.1. The van der Waals surface area contributed by atoms with E-state index in [1.54, 1.807) is 30.6 Å². The number of amides is 1. The van der Waals surface area contributed by atoms with Gasteiger partial charge in [-0.05, 0) is 73.0 Å². The Morgan fingerprint density at radius 3 is 2.43 bits per heavy atom. The zero-order chi connectivity index (χ0) is 21.7. The van der Waals surface area contributed by atoms with Crippen molar-refractivity contribution in [3.05, 3.63) is 88.7 Å². The zero-order valence-corrected chi connectivity index (χ0v) is 18.2. The van der Waals surface area contributed by atoms with E-state index in [-0.39, 0.29) is 18.0 Å². The summed E-state index contributed by atoms with van der Waals surface area (Å²) in [6, 6.07) is 14.8. The van der Waals surface area contributed by atoms with Crippen LogP contribution in [0.15, 0.2) is 71.9 Å². The first kappa shape index (κ1) is 21.8. The summed E-state index contributed by atoms with van der Waals surface area (Å²) in [6.07, 6.45) is 3.29. The minimum absolute atomic E-state index is 0.0604. The molecule has 8 heteroatoms. The summed E-state index contributed by atoms with van der Waals surface area (Å²) >= 11 is 5.90. The molecule has 0 fully saturated rings. The van der Waals surface area contributed by atoms with Gasteiger partial charge >= 0.3 is 0 Å². The van der Waals surface area contributed by atoms with Crippen LogP contribution in [0.5, 0.6) is 0 Å². The van der Waals surface area contributed by atoms with E-state index < -0.39 is 15.9 Å². The number of halogens is 1. The molecule has 6 nitrogen and oxygen atoms in total. The SMILES string of the molecule is Cc1ccc(N(CC(=O)NCc2cccnc2)S(=O)(=O)c2ccc(Cl)cc2)cc1C. The number of sulfonamides is 1. The molecule has 0 spiro atoms. The third-order valence-electron chi connectivity index (χ3n) is 4.68. The average Bonchev–Trinajstić information content (AvgIpc) is 2.73. The van der Waals surface area contributed by atoms with Crippen LogP contribution in [-0.2, 0) is 21.4 Å². The number of pyridine rings is 1. The number of nitrogens with one attached hydrogen (secondary N) is 1. The third kappa shape index (κ3) is 5.17. The fourth-order valence-electron chi connectivity index (χ4n) is 2.82. The van der Waals surface area contributed by atoms with Gasteiger partial charge in [-0.2, -0.15) is 0 Å². The summed E-state index contributed by atoms with van der Waals surface area (Å²) < 4.78 is 27.8. The van der Waals surface area contributed by atoms with Crippen LogP contribution < -0.4 is 9.62 Å². The number of hydrogen-bond donors (Lipinski definition) is 1. The second-order valence-corrected chi connectivity index (χ2v) is 9.17. The highest BCUT2D eigenvalue weighted by molar-refractivity contribution is 7.92. The molecule has 1 heterocycles. The Kier molecular flexibility index (Phi) is 6.74. The summed E-state index contributed by atoms with van der Waals surface area (Å²) in [5, 5.41) is 3.18. The lowest BCUT2D eigenvalue weighted by Crippen LogP contribution is -2.40. The molecule has 2 aromatic carbocycles. The Bertz CT molecular complexity index is 1130. The lowest BCUT2D eigenvalue weighted by Gasteiger charge is -2.25. The fraction of sp³-hybridized carbons (Fsp3) is 0.182. The Morgan fingerprint density at radius 1 is 1.07 bits per heavy atom. The van der Waals surface area contributed by atoms with Gasteiger partial charge in [0.25, 0.3) is 10.0 Å². The van der Waals surface area contributed by atoms with Crippen molar-refractivity contribution in [2.24, 2.45) is 0 Å². The van der Waals surface area contributed by atoms with Gasteiger partial charge < -0.3 is 5.32 Å². The smallest absolute Gasteiger partial charge is 0.264 e. The van der Waals surface area contributed by atoms with Crippen molar-refractivity contribution in [3.8, 4) is 0 Å². The van der Waals surface area contributed by atoms with E-state index in [0.29, 0.717) is 10.7 Å². The molecular weight excluding hydrogens is 422 g/mol. The van der Waals surface area contributed by atoms with Gasteiger partial charge in [-0.25, -0.2) is 8.42 Å². The van der Waals surface area contributed by atoms with Crippen LogP contribution in [0.2, 0.25) is 5.02 Å². The second kappa shape index (κ2) is 9.28. The van der Waals surface area contributed by atoms with E-state index in [9.17, 15) is 13.2 Å². The van der Waals surface area contributed by atoms with Gasteiger partial charge in [0.15, 0.2) is 0 Å². The zero-order valence-electron chi connectivity index (χ0n) is 16.7. The molecule has 0 aliphatic carbocycles. The van der Waals surface area contributed by atoms with Crippen LogP contribution in [0, 0.1) is 13.8 Å². The number of rotatable bonds is 7. The number of carbonyl (C=O) groups is 1. The number of aryl methyl sites for hydroxylation is 2. The van der Waals surface area contributed by atoms with E-state index in [2.05, 4.69) is 10.3 Å². The molecule has 3 aromatic rings. The van der Waals surface area contributed by atoms with Gasteiger partial charge in [-0.15, -0.1) is 0 Å². The van der Waals surface area contributed by atoms with Crippen molar-refractivity contribution in [2.75, 3.05) is 10.8 Å². The van der Waals surface area contributed by atoms with E-state index in [0.717, 1.165) is 21.0 Å². The van der Waals surface area contributed by atoms with Crippen molar-refractivity contribution in [1.82, 2.24) is 10.3 Å². The molecular formula is C22H22ClN3O3S. The van der Waals surface area contributed by atoms with Crippen molar-refractivity contribution in [2.45, 2.75) is 25.3 Å². The van der Waals surface area contributed by atoms with Crippen molar-refractivity contribution in [1.29, 1.82) is 0 Å². The number of hydrogen-bond acceptors (Lipinski definition) is 4. The molecule has 0 bridgehead atoms. The van der Waals surface area contributed by atoms with Crippen LogP contribution >= 0.6 is 11.6 Å². The van der Waals surface area contributed by atoms with Crippen LogP contribution in [0.1, 0.15) is 16.7 Å². The molecule has 3 rings (SSSR count). The molecule has 0 atom stereocenters. The Hall–Kier alpha value is -2.90. The van der Waals surface area contributed by atoms with Crippen molar-refractivity contribution in [3.63, 3.8) is 0 Å². The monoisotopic (exact) mass is 443 g/mol. The molecule has 0 aliphatic rings. The van der Waals surface area contributed by atoms with E-state index in [1.807, 2.05) is 26.0 Å². The van der Waals surface area contributed by atoms with Gasteiger partial charge in [-0.3, -0.25) is 14.1 Å². The number of nitrogens with zero attached hydrogens (tertiary/aromatic N) is 2. The van der Waals surface area contributed by atoms with Gasteiger partial charge in [0.2, 0.25) is 5.91 Å². The van der Waals surface area contributed by atoms with Gasteiger partial charge in [0, 0.05) is 24.0 Å². The van der Waals surface area contributed by atoms with E-state index >= 15 is 0 Å². The molecule has 0 saturated carbocycles. The molecule has 0 radical (unpaired) electrons. The van der Waals surface area contributed by atoms with Crippen molar-refractivity contribution >= 4 is 33.2 Å². The fourth-order valence-corrected chi connectivity index (χ4v) is 4.36. The first-order chi connectivity index (χ1) is 14.3. The molecule has 1 aromatic heterocycles. The molecule has 1 N–H and O–H groups in total. The van der Waals surface area contributed by atoms with Crippen LogP contribution in [0.25, 0.3) is 0 Å². The molecule has 30 heavy (non-hydrogen) atoms. The minimum Gasteiger partial charge on any atom is -0.350 e. The molecule has 156 valence electrons. The van der Waals surface area contributed by atoms with Gasteiger partial charge in [0.1, 0.15) is 6.54 Å². The Balaban J connectivity index is 1.90. The maximum absolute atomic E-state index is 13.3. The normalized spacial score (nSPS) is 11.2. The molecule has 0 unspecified atom stereocenters. The first-order valence-electron chi connectivity index (χ1n) is 9.28. The van der Waals surface area contributed by atoms with Crippen molar-refractivity contribution < 1.29 is 13.2 Å². The minimum atomic E-state index is -3.98. The summed E-state index contributed by atoms with van der Waals surface area (Å²) in [6.45, 7) is 3.74. The summed E-state index contributed by atoms with van der Waals surface area (Å²) in [5.41, 5.74) is 3.21. The lowest BCUT2D eigenvalue weighted by atomic mass is 10.1. The Labute approximate surface area is 181 Å². The highest BCUT2D eigenvalue weighted by atomic mass is 35.5. The molecule has 1 amide bonds. The molecule has 0 saturated heterocycles. The maximum atomic E-state index is 13.3. The summed E-state index contributed by atoms with van der Waals surface area (Å²) in [4.78, 5) is 16.7. The number of anilines is 1. The standard InChI is InChI=1S/C22H22ClN3O3S/c1-16-5-8-20(12-17(16)2)26(30(28,29)21-9-6-19(23)7-10-21)15-22(27)25-14-18-4-3-11-24-13-18/h3-13H,14-15H2,1-2H3,(H,25,27). The van der Waals surface area contributed by atoms with Gasteiger partial charge in [0.05, 0.1) is 10.6 Å². The topological polar surface area (TPSA) is 79.4 Å². The predicted octanol–water partition coefficient (Wildman–Crippen LogP) is 3.86. The van der Waals surface area contributed by atoms with E-state index in [1.165, 1.54) is 24.3 Å². The predicted molar refractivity (Wildman–Crippen MR) is 118 cm³/mol. The number of benzene rings is 2.